The van der Waals surface area contributed by atoms with Crippen molar-refractivity contribution in [1.82, 2.24) is 9.78 Å². The van der Waals surface area contributed by atoms with Crippen LogP contribution < -0.4 is 10.5 Å². The maximum atomic E-state index is 5.88. The summed E-state index contributed by atoms with van der Waals surface area (Å²) in [6.07, 6.45) is 1.97. The Hall–Kier alpha value is -1.62. The molecule has 4 nitrogen and oxygen atoms in total. The van der Waals surface area contributed by atoms with E-state index in [2.05, 4.69) is 5.10 Å². The van der Waals surface area contributed by atoms with Gasteiger partial charge in [-0.25, -0.2) is 4.68 Å². The monoisotopic (exact) mass is 235 g/mol. The van der Waals surface area contributed by atoms with E-state index in [0.717, 1.165) is 16.5 Å². The summed E-state index contributed by atoms with van der Waals surface area (Å²) in [4.78, 5) is 0. The van der Waals surface area contributed by atoms with Crippen LogP contribution in [0.3, 0.4) is 0 Å². The molecular formula is C11H13N3OS. The number of nitrogens with zero attached hydrogens (tertiary/aromatic N) is 2. The number of nitrogens with two attached hydrogens (primary N) is 1. The summed E-state index contributed by atoms with van der Waals surface area (Å²) < 4.78 is 6.81. The SMILES string of the molecule is COc1ccc(-n2nc(SC)cc2N)cc1. The van der Waals surface area contributed by atoms with E-state index in [1.807, 2.05) is 36.6 Å². The van der Waals surface area contributed by atoms with Crippen LogP contribution in [0.15, 0.2) is 35.4 Å². The summed E-state index contributed by atoms with van der Waals surface area (Å²) in [6, 6.07) is 9.47. The van der Waals surface area contributed by atoms with Gasteiger partial charge >= 0.3 is 0 Å². The second-order valence-electron chi connectivity index (χ2n) is 3.22. The molecule has 0 unspecified atom stereocenters. The number of methoxy groups -OCH3 is 1. The van der Waals surface area contributed by atoms with Crippen molar-refractivity contribution in [1.29, 1.82) is 0 Å². The Labute approximate surface area is 98.4 Å². The first-order valence-electron chi connectivity index (χ1n) is 4.78. The fourth-order valence-electron chi connectivity index (χ4n) is 1.40. The maximum absolute atomic E-state index is 5.88. The zero-order chi connectivity index (χ0) is 11.5. The van der Waals surface area contributed by atoms with Gasteiger partial charge in [-0.3, -0.25) is 0 Å². The Balaban J connectivity index is 2.38. The first-order valence-corrected chi connectivity index (χ1v) is 6.01. The number of aromatic nitrogens is 2. The summed E-state index contributed by atoms with van der Waals surface area (Å²) in [5, 5.41) is 5.28. The van der Waals surface area contributed by atoms with Crippen molar-refractivity contribution < 1.29 is 4.74 Å². The number of ether oxygens (including phenoxy) is 1. The first kappa shape index (κ1) is 10.9. The molecule has 0 saturated heterocycles. The highest BCUT2D eigenvalue weighted by atomic mass is 32.2. The Morgan fingerprint density at radius 2 is 2.00 bits per heavy atom. The molecule has 0 amide bonds. The summed E-state index contributed by atoms with van der Waals surface area (Å²) in [5.41, 5.74) is 6.80. The summed E-state index contributed by atoms with van der Waals surface area (Å²) in [5.74, 6) is 1.45. The normalized spacial score (nSPS) is 10.4. The summed E-state index contributed by atoms with van der Waals surface area (Å²) in [7, 11) is 1.64. The van der Waals surface area contributed by atoms with Gasteiger partial charge in [-0.05, 0) is 30.5 Å². The highest BCUT2D eigenvalue weighted by Gasteiger charge is 2.05. The predicted molar refractivity (Wildman–Crippen MR) is 66.3 cm³/mol. The van der Waals surface area contributed by atoms with Gasteiger partial charge in [0.05, 0.1) is 12.8 Å². The van der Waals surface area contributed by atoms with E-state index in [-0.39, 0.29) is 0 Å². The third kappa shape index (κ3) is 1.99. The van der Waals surface area contributed by atoms with Gasteiger partial charge in [0.1, 0.15) is 16.6 Å². The smallest absolute Gasteiger partial charge is 0.128 e. The lowest BCUT2D eigenvalue weighted by Crippen LogP contribution is -2.01. The molecule has 0 radical (unpaired) electrons. The van der Waals surface area contributed by atoms with E-state index in [0.29, 0.717) is 5.82 Å². The van der Waals surface area contributed by atoms with Gasteiger partial charge in [-0.1, -0.05) is 0 Å². The molecule has 5 heteroatoms. The quantitative estimate of drug-likeness (QED) is 0.828. The Morgan fingerprint density at radius 1 is 1.31 bits per heavy atom. The second kappa shape index (κ2) is 4.49. The first-order chi connectivity index (χ1) is 7.74. The molecule has 0 bridgehead atoms. The molecule has 2 rings (SSSR count). The van der Waals surface area contributed by atoms with E-state index in [9.17, 15) is 0 Å². The number of anilines is 1. The van der Waals surface area contributed by atoms with Crippen molar-refractivity contribution in [3.05, 3.63) is 30.3 Å². The average Bonchev–Trinajstić information content (AvgIpc) is 2.71. The van der Waals surface area contributed by atoms with Gasteiger partial charge in [0.2, 0.25) is 0 Å². The van der Waals surface area contributed by atoms with Crippen molar-refractivity contribution in [2.45, 2.75) is 5.03 Å². The average molecular weight is 235 g/mol. The molecule has 0 saturated carbocycles. The third-order valence-electron chi connectivity index (χ3n) is 2.24. The largest absolute Gasteiger partial charge is 0.497 e. The van der Waals surface area contributed by atoms with Crippen LogP contribution in [0.25, 0.3) is 5.69 Å². The molecule has 2 N–H and O–H groups in total. The van der Waals surface area contributed by atoms with Crippen molar-refractivity contribution in [3.8, 4) is 11.4 Å². The van der Waals surface area contributed by atoms with Gasteiger partial charge < -0.3 is 10.5 Å². The zero-order valence-electron chi connectivity index (χ0n) is 9.18. The summed E-state index contributed by atoms with van der Waals surface area (Å²) >= 11 is 1.57. The molecule has 84 valence electrons. The van der Waals surface area contributed by atoms with Crippen molar-refractivity contribution in [3.63, 3.8) is 0 Å². The van der Waals surface area contributed by atoms with E-state index < -0.39 is 0 Å². The number of thioether (sulfide) groups is 1. The number of rotatable bonds is 3. The molecule has 0 atom stereocenters. The molecule has 0 aliphatic carbocycles. The molecule has 2 aromatic rings. The fraction of sp³-hybridized carbons (Fsp3) is 0.182. The molecule has 1 heterocycles. The van der Waals surface area contributed by atoms with Crippen LogP contribution in [0.5, 0.6) is 5.75 Å². The zero-order valence-corrected chi connectivity index (χ0v) is 9.99. The standard InChI is InChI=1S/C11H13N3OS/c1-15-9-5-3-8(4-6-9)14-10(12)7-11(13-14)16-2/h3-7H,12H2,1-2H3. The van der Waals surface area contributed by atoms with Crippen molar-refractivity contribution >= 4 is 17.6 Å². The van der Waals surface area contributed by atoms with Crippen LogP contribution in [0.4, 0.5) is 5.82 Å². The molecule has 1 aromatic heterocycles. The van der Waals surface area contributed by atoms with Crippen LogP contribution in [0.1, 0.15) is 0 Å². The Morgan fingerprint density at radius 3 is 2.50 bits per heavy atom. The second-order valence-corrected chi connectivity index (χ2v) is 4.05. The van der Waals surface area contributed by atoms with Crippen LogP contribution in [0.2, 0.25) is 0 Å². The predicted octanol–water partition coefficient (Wildman–Crippen LogP) is 2.18. The molecule has 0 aliphatic rings. The molecule has 16 heavy (non-hydrogen) atoms. The lowest BCUT2D eigenvalue weighted by Gasteiger charge is -2.04. The highest BCUT2D eigenvalue weighted by Crippen LogP contribution is 2.21. The van der Waals surface area contributed by atoms with E-state index in [1.54, 1.807) is 23.6 Å². The minimum Gasteiger partial charge on any atom is -0.497 e. The molecule has 0 fully saturated rings. The lowest BCUT2D eigenvalue weighted by molar-refractivity contribution is 0.414. The summed E-state index contributed by atoms with van der Waals surface area (Å²) in [6.45, 7) is 0. The van der Waals surface area contributed by atoms with Crippen LogP contribution in [0, 0.1) is 0 Å². The minimum atomic E-state index is 0.634. The number of benzene rings is 1. The van der Waals surface area contributed by atoms with Crippen LogP contribution in [-0.4, -0.2) is 23.1 Å². The molecular weight excluding hydrogens is 222 g/mol. The van der Waals surface area contributed by atoms with E-state index in [4.69, 9.17) is 10.5 Å². The number of nitrogen functional groups attached to an aromatic ring is 1. The van der Waals surface area contributed by atoms with Crippen molar-refractivity contribution in [2.75, 3.05) is 19.1 Å². The Kier molecular flexibility index (Phi) is 3.05. The van der Waals surface area contributed by atoms with Gasteiger partial charge in [0, 0.05) is 6.07 Å². The minimum absolute atomic E-state index is 0.634. The van der Waals surface area contributed by atoms with Crippen molar-refractivity contribution in [2.24, 2.45) is 0 Å². The van der Waals surface area contributed by atoms with Gasteiger partial charge in [-0.2, -0.15) is 5.10 Å². The van der Waals surface area contributed by atoms with Gasteiger partial charge in [0.15, 0.2) is 0 Å². The van der Waals surface area contributed by atoms with Gasteiger partial charge in [-0.15, -0.1) is 11.8 Å². The van der Waals surface area contributed by atoms with E-state index in [1.165, 1.54) is 0 Å². The van der Waals surface area contributed by atoms with Gasteiger partial charge in [0.25, 0.3) is 0 Å². The topological polar surface area (TPSA) is 53.1 Å². The maximum Gasteiger partial charge on any atom is 0.128 e. The van der Waals surface area contributed by atoms with Crippen LogP contribution >= 0.6 is 11.8 Å². The lowest BCUT2D eigenvalue weighted by atomic mass is 10.3. The third-order valence-corrected chi connectivity index (χ3v) is 2.86. The number of hydrogen-bond acceptors (Lipinski definition) is 4. The Bertz CT molecular complexity index is 478. The molecule has 0 aliphatic heterocycles. The van der Waals surface area contributed by atoms with E-state index >= 15 is 0 Å². The molecule has 1 aromatic carbocycles. The number of hydrogen-bond donors (Lipinski definition) is 1. The highest BCUT2D eigenvalue weighted by molar-refractivity contribution is 7.98. The fourth-order valence-corrected chi connectivity index (χ4v) is 1.80. The van der Waals surface area contributed by atoms with Crippen LogP contribution in [-0.2, 0) is 0 Å². The molecule has 0 spiro atoms.